The second-order valence-corrected chi connectivity index (χ2v) is 7.65. The summed E-state index contributed by atoms with van der Waals surface area (Å²) in [5.41, 5.74) is 1.43. The first-order chi connectivity index (χ1) is 12.7. The minimum absolute atomic E-state index is 0.246. The Morgan fingerprint density at radius 3 is 2.26 bits per heavy atom. The van der Waals surface area contributed by atoms with E-state index in [4.69, 9.17) is 9.31 Å². The maximum absolute atomic E-state index is 13.2. The highest BCUT2D eigenvalue weighted by Crippen LogP contribution is 2.36. The van der Waals surface area contributed by atoms with Crippen LogP contribution in [-0.4, -0.2) is 24.4 Å². The first kappa shape index (κ1) is 19.4. The SMILES string of the molecule is CC1(C)OB(c2ccc(NC(=O)NCc3cccc(F)c3)cc2)OC1(C)C. The first-order valence-corrected chi connectivity index (χ1v) is 8.91. The molecular weight excluding hydrogens is 346 g/mol. The molecule has 0 unspecified atom stereocenters. The summed E-state index contributed by atoms with van der Waals surface area (Å²) in [5.74, 6) is -0.326. The lowest BCUT2D eigenvalue weighted by Crippen LogP contribution is -2.41. The average molecular weight is 370 g/mol. The second-order valence-electron chi connectivity index (χ2n) is 7.65. The van der Waals surface area contributed by atoms with E-state index in [1.165, 1.54) is 12.1 Å². The van der Waals surface area contributed by atoms with E-state index in [1.54, 1.807) is 24.3 Å². The van der Waals surface area contributed by atoms with Crippen LogP contribution in [0.4, 0.5) is 14.9 Å². The van der Waals surface area contributed by atoms with Crippen LogP contribution in [0.3, 0.4) is 0 Å². The lowest BCUT2D eigenvalue weighted by Gasteiger charge is -2.32. The molecule has 0 saturated carbocycles. The molecule has 1 aliphatic heterocycles. The largest absolute Gasteiger partial charge is 0.494 e. The Morgan fingerprint density at radius 2 is 1.67 bits per heavy atom. The monoisotopic (exact) mass is 370 g/mol. The highest BCUT2D eigenvalue weighted by Gasteiger charge is 2.51. The Labute approximate surface area is 159 Å². The number of rotatable bonds is 4. The van der Waals surface area contributed by atoms with Gasteiger partial charge in [0, 0.05) is 12.2 Å². The molecule has 142 valence electrons. The van der Waals surface area contributed by atoms with Crippen molar-refractivity contribution >= 4 is 24.3 Å². The van der Waals surface area contributed by atoms with Gasteiger partial charge in [0.15, 0.2) is 0 Å². The van der Waals surface area contributed by atoms with Crippen LogP contribution in [0.15, 0.2) is 48.5 Å². The molecule has 7 heteroatoms. The fraction of sp³-hybridized carbons (Fsp3) is 0.350. The molecule has 1 saturated heterocycles. The Bertz CT molecular complexity index is 808. The lowest BCUT2D eigenvalue weighted by molar-refractivity contribution is 0.00578. The Balaban J connectivity index is 1.55. The van der Waals surface area contributed by atoms with Gasteiger partial charge in [0.1, 0.15) is 5.82 Å². The number of hydrogen-bond acceptors (Lipinski definition) is 3. The maximum Gasteiger partial charge on any atom is 0.494 e. The standard InChI is InChI=1S/C20H24BFN2O3/c1-19(2)20(3,4)27-21(26-19)15-8-10-17(11-9-15)24-18(25)23-13-14-6-5-7-16(22)12-14/h5-12H,13H2,1-4H3,(H2,23,24,25). The van der Waals surface area contributed by atoms with Crippen molar-refractivity contribution in [3.8, 4) is 0 Å². The van der Waals surface area contributed by atoms with Crippen LogP contribution < -0.4 is 16.1 Å². The summed E-state index contributed by atoms with van der Waals surface area (Å²) in [6, 6.07) is 13.1. The third-order valence-electron chi connectivity index (χ3n) is 5.04. The molecule has 3 rings (SSSR count). The van der Waals surface area contributed by atoms with Crippen LogP contribution in [0.25, 0.3) is 0 Å². The molecule has 5 nitrogen and oxygen atoms in total. The van der Waals surface area contributed by atoms with E-state index < -0.39 is 18.3 Å². The average Bonchev–Trinajstić information content (AvgIpc) is 2.81. The number of urea groups is 1. The molecule has 2 aromatic rings. The zero-order valence-electron chi connectivity index (χ0n) is 16.0. The fourth-order valence-corrected chi connectivity index (χ4v) is 2.71. The van der Waals surface area contributed by atoms with Crippen LogP contribution >= 0.6 is 0 Å². The normalized spacial score (nSPS) is 17.6. The van der Waals surface area contributed by atoms with E-state index in [-0.39, 0.29) is 18.4 Å². The third-order valence-corrected chi connectivity index (χ3v) is 5.04. The van der Waals surface area contributed by atoms with Crippen LogP contribution in [0, 0.1) is 5.82 Å². The first-order valence-electron chi connectivity index (χ1n) is 8.91. The summed E-state index contributed by atoms with van der Waals surface area (Å²) in [7, 11) is -0.439. The van der Waals surface area contributed by atoms with Gasteiger partial charge in [0.05, 0.1) is 11.2 Å². The zero-order chi connectivity index (χ0) is 19.7. The zero-order valence-corrected chi connectivity index (χ0v) is 16.0. The molecular formula is C20H24BFN2O3. The number of hydrogen-bond donors (Lipinski definition) is 2. The summed E-state index contributed by atoms with van der Waals surface area (Å²) >= 11 is 0. The van der Waals surface area contributed by atoms with Crippen LogP contribution in [0.1, 0.15) is 33.3 Å². The summed E-state index contributed by atoms with van der Waals surface area (Å²) in [6.45, 7) is 8.27. The predicted molar refractivity (Wildman–Crippen MR) is 104 cm³/mol. The van der Waals surface area contributed by atoms with Crippen LogP contribution in [0.2, 0.25) is 0 Å². The van der Waals surface area contributed by atoms with E-state index in [1.807, 2.05) is 39.8 Å². The second kappa shape index (κ2) is 7.33. The number of nitrogens with one attached hydrogen (secondary N) is 2. The molecule has 0 radical (unpaired) electrons. The van der Waals surface area contributed by atoms with Gasteiger partial charge in [-0.2, -0.15) is 0 Å². The summed E-state index contributed by atoms with van der Waals surface area (Å²) in [4.78, 5) is 12.0. The van der Waals surface area contributed by atoms with Crippen LogP contribution in [0.5, 0.6) is 0 Å². The van der Waals surface area contributed by atoms with E-state index in [0.717, 1.165) is 5.46 Å². The van der Waals surface area contributed by atoms with Crippen molar-refractivity contribution < 1.29 is 18.5 Å². The molecule has 0 atom stereocenters. The van der Waals surface area contributed by atoms with Gasteiger partial charge < -0.3 is 19.9 Å². The molecule has 27 heavy (non-hydrogen) atoms. The highest BCUT2D eigenvalue weighted by atomic mass is 19.1. The number of anilines is 1. The van der Waals surface area contributed by atoms with E-state index in [0.29, 0.717) is 11.3 Å². The fourth-order valence-electron chi connectivity index (χ4n) is 2.71. The highest BCUT2D eigenvalue weighted by molar-refractivity contribution is 6.62. The van der Waals surface area contributed by atoms with Gasteiger partial charge in [-0.3, -0.25) is 0 Å². The molecule has 1 aliphatic rings. The summed E-state index contributed by atoms with van der Waals surface area (Å²) < 4.78 is 25.2. The molecule has 0 aliphatic carbocycles. The molecule has 2 N–H and O–H groups in total. The van der Waals surface area contributed by atoms with E-state index in [2.05, 4.69) is 10.6 Å². The number of amides is 2. The number of benzene rings is 2. The maximum atomic E-state index is 13.2. The predicted octanol–water partition coefficient (Wildman–Crippen LogP) is 3.45. The Hall–Kier alpha value is -2.38. The Kier molecular flexibility index (Phi) is 5.26. The van der Waals surface area contributed by atoms with Gasteiger partial charge in [0.2, 0.25) is 0 Å². The van der Waals surface area contributed by atoms with Crippen molar-refractivity contribution in [2.75, 3.05) is 5.32 Å². The summed E-state index contributed by atoms with van der Waals surface area (Å²) in [5, 5.41) is 5.45. The molecule has 1 heterocycles. The quantitative estimate of drug-likeness (QED) is 0.811. The van der Waals surface area contributed by atoms with E-state index >= 15 is 0 Å². The molecule has 2 aromatic carbocycles. The van der Waals surface area contributed by atoms with Gasteiger partial charge in [-0.1, -0.05) is 24.3 Å². The van der Waals surface area contributed by atoms with Crippen molar-refractivity contribution in [1.29, 1.82) is 0 Å². The minimum Gasteiger partial charge on any atom is -0.399 e. The van der Waals surface area contributed by atoms with Crippen LogP contribution in [-0.2, 0) is 15.9 Å². The van der Waals surface area contributed by atoms with Gasteiger partial charge in [-0.25, -0.2) is 9.18 Å². The molecule has 0 spiro atoms. The van der Waals surface area contributed by atoms with Crippen molar-refractivity contribution in [2.45, 2.75) is 45.4 Å². The van der Waals surface area contributed by atoms with E-state index in [9.17, 15) is 9.18 Å². The van der Waals surface area contributed by atoms with Crippen molar-refractivity contribution in [3.05, 3.63) is 59.9 Å². The van der Waals surface area contributed by atoms with Gasteiger partial charge >= 0.3 is 13.1 Å². The molecule has 2 amide bonds. The van der Waals surface area contributed by atoms with Crippen molar-refractivity contribution in [2.24, 2.45) is 0 Å². The minimum atomic E-state index is -0.439. The smallest absolute Gasteiger partial charge is 0.399 e. The summed E-state index contributed by atoms with van der Waals surface area (Å²) in [6.07, 6.45) is 0. The third kappa shape index (κ3) is 4.49. The lowest BCUT2D eigenvalue weighted by atomic mass is 9.79. The number of halogens is 1. The van der Waals surface area contributed by atoms with Crippen molar-refractivity contribution in [3.63, 3.8) is 0 Å². The Morgan fingerprint density at radius 1 is 1.04 bits per heavy atom. The number of carbonyl (C=O) groups is 1. The molecule has 0 bridgehead atoms. The number of carbonyl (C=O) groups excluding carboxylic acids is 1. The molecule has 0 aromatic heterocycles. The van der Waals surface area contributed by atoms with Crippen molar-refractivity contribution in [1.82, 2.24) is 5.32 Å². The topological polar surface area (TPSA) is 59.6 Å². The van der Waals surface area contributed by atoms with Gasteiger partial charge in [-0.05, 0) is 63.0 Å². The van der Waals surface area contributed by atoms with Gasteiger partial charge in [-0.15, -0.1) is 0 Å². The molecule has 1 fully saturated rings. The van der Waals surface area contributed by atoms with Gasteiger partial charge in [0.25, 0.3) is 0 Å².